The van der Waals surface area contributed by atoms with Crippen LogP contribution in [-0.2, 0) is 6.42 Å². The van der Waals surface area contributed by atoms with E-state index in [1.807, 2.05) is 34.9 Å². The molecule has 3 heterocycles. The largest absolute Gasteiger partial charge is 0.369 e. The van der Waals surface area contributed by atoms with Crippen LogP contribution < -0.4 is 15.5 Å². The second-order valence-electron chi connectivity index (χ2n) is 7.47. The number of aliphatic imine (C=N–C) groups is 1. The number of halogens is 1. The summed E-state index contributed by atoms with van der Waals surface area (Å²) < 4.78 is 15.6. The molecule has 0 saturated carbocycles. The summed E-state index contributed by atoms with van der Waals surface area (Å²) in [5, 5.41) is 15.3. The predicted octanol–water partition coefficient (Wildman–Crippen LogP) is 2.63. The fourth-order valence-electron chi connectivity index (χ4n) is 3.84. The number of hydrogen-bond donors (Lipinski definition) is 2. The molecule has 2 aromatic heterocycles. The van der Waals surface area contributed by atoms with Crippen molar-refractivity contribution in [1.29, 1.82) is 0 Å². The van der Waals surface area contributed by atoms with Crippen molar-refractivity contribution >= 4 is 17.3 Å². The van der Waals surface area contributed by atoms with Gasteiger partial charge in [0, 0.05) is 50.5 Å². The molecular weight excluding hydrogens is 381 g/mol. The molecule has 2 N–H and O–H groups in total. The molecule has 1 fully saturated rings. The first-order valence-electron chi connectivity index (χ1n) is 10.6. The lowest BCUT2D eigenvalue weighted by Crippen LogP contribution is -2.51. The molecule has 0 radical (unpaired) electrons. The first kappa shape index (κ1) is 20.1. The van der Waals surface area contributed by atoms with Gasteiger partial charge in [-0.05, 0) is 50.1 Å². The van der Waals surface area contributed by atoms with E-state index in [1.54, 1.807) is 12.1 Å². The molecule has 1 aromatic carbocycles. The van der Waals surface area contributed by atoms with Crippen molar-refractivity contribution < 1.29 is 4.39 Å². The highest BCUT2D eigenvalue weighted by molar-refractivity contribution is 5.80. The molecule has 1 atom stereocenters. The van der Waals surface area contributed by atoms with Crippen LogP contribution in [0.15, 0.2) is 53.7 Å². The molecule has 158 valence electrons. The van der Waals surface area contributed by atoms with Gasteiger partial charge in [-0.15, -0.1) is 10.2 Å². The number of nitrogens with zero attached hydrogens (tertiary/aromatic N) is 5. The summed E-state index contributed by atoms with van der Waals surface area (Å²) >= 11 is 0. The maximum atomic E-state index is 13.6. The Bertz CT molecular complexity index is 1000. The molecule has 30 heavy (non-hydrogen) atoms. The van der Waals surface area contributed by atoms with Gasteiger partial charge in [-0.3, -0.25) is 9.39 Å². The van der Waals surface area contributed by atoms with Crippen molar-refractivity contribution in [3.05, 3.63) is 60.3 Å². The van der Waals surface area contributed by atoms with Gasteiger partial charge in [-0.2, -0.15) is 0 Å². The van der Waals surface area contributed by atoms with E-state index in [4.69, 9.17) is 4.99 Å². The molecule has 0 aliphatic carbocycles. The highest BCUT2D eigenvalue weighted by Crippen LogP contribution is 2.20. The van der Waals surface area contributed by atoms with Crippen LogP contribution in [0, 0.1) is 5.82 Å². The third kappa shape index (κ3) is 4.87. The molecule has 1 aliphatic rings. The number of aromatic nitrogens is 3. The van der Waals surface area contributed by atoms with Gasteiger partial charge in [-0.1, -0.05) is 12.1 Å². The van der Waals surface area contributed by atoms with Crippen molar-refractivity contribution in [2.45, 2.75) is 32.2 Å². The molecule has 8 heteroatoms. The van der Waals surface area contributed by atoms with Gasteiger partial charge in [-0.25, -0.2) is 4.39 Å². The predicted molar refractivity (Wildman–Crippen MR) is 117 cm³/mol. The highest BCUT2D eigenvalue weighted by atomic mass is 19.1. The molecule has 4 rings (SSSR count). The summed E-state index contributed by atoms with van der Waals surface area (Å²) in [6.45, 7) is 5.23. The van der Waals surface area contributed by atoms with E-state index in [0.717, 1.165) is 55.6 Å². The number of guanidine groups is 1. The standard InChI is InChI=1S/C22H28FN7/c1-2-24-22(25-12-11-21-28-27-20-10-3-4-14-30(20)21)26-18-8-6-13-29(16-18)19-9-5-7-17(23)15-19/h3-5,7,9-10,14-15,18H,2,6,8,11-13,16H2,1H3,(H2,24,25,26). The molecule has 1 unspecified atom stereocenters. The Kier molecular flexibility index (Phi) is 6.41. The summed E-state index contributed by atoms with van der Waals surface area (Å²) in [6.07, 6.45) is 4.80. The second kappa shape index (κ2) is 9.56. The second-order valence-corrected chi connectivity index (χ2v) is 7.47. The SMILES string of the molecule is CCNC(=NCCc1nnc2ccccn12)NC1CCCN(c2cccc(F)c2)C1. The Hall–Kier alpha value is -3.16. The molecule has 1 aliphatic heterocycles. The maximum Gasteiger partial charge on any atom is 0.191 e. The smallest absolute Gasteiger partial charge is 0.191 e. The number of benzene rings is 1. The number of rotatable bonds is 6. The van der Waals surface area contributed by atoms with Gasteiger partial charge in [0.25, 0.3) is 0 Å². The van der Waals surface area contributed by atoms with Crippen LogP contribution >= 0.6 is 0 Å². The summed E-state index contributed by atoms with van der Waals surface area (Å²) in [4.78, 5) is 6.97. The average molecular weight is 410 g/mol. The maximum absolute atomic E-state index is 13.6. The minimum atomic E-state index is -0.196. The zero-order chi connectivity index (χ0) is 20.8. The Morgan fingerprint density at radius 3 is 3.03 bits per heavy atom. The lowest BCUT2D eigenvalue weighted by atomic mass is 10.0. The zero-order valence-electron chi connectivity index (χ0n) is 17.3. The number of anilines is 1. The van der Waals surface area contributed by atoms with E-state index in [2.05, 4.69) is 32.7 Å². The minimum Gasteiger partial charge on any atom is -0.369 e. The first-order valence-corrected chi connectivity index (χ1v) is 10.6. The molecular formula is C22H28FN7. The third-order valence-corrected chi connectivity index (χ3v) is 5.27. The quantitative estimate of drug-likeness (QED) is 0.484. The Labute approximate surface area is 176 Å². The number of hydrogen-bond acceptors (Lipinski definition) is 4. The zero-order valence-corrected chi connectivity index (χ0v) is 17.3. The molecule has 0 amide bonds. The van der Waals surface area contributed by atoms with Crippen LogP contribution in [0.4, 0.5) is 10.1 Å². The summed E-state index contributed by atoms with van der Waals surface area (Å²) in [6, 6.07) is 12.9. The van der Waals surface area contributed by atoms with Gasteiger partial charge in [0.2, 0.25) is 0 Å². The van der Waals surface area contributed by atoms with Crippen LogP contribution in [0.25, 0.3) is 5.65 Å². The van der Waals surface area contributed by atoms with E-state index in [-0.39, 0.29) is 11.9 Å². The summed E-state index contributed by atoms with van der Waals surface area (Å²) in [5.41, 5.74) is 1.78. The topological polar surface area (TPSA) is 69.8 Å². The van der Waals surface area contributed by atoms with Gasteiger partial charge < -0.3 is 15.5 Å². The Balaban J connectivity index is 1.37. The normalized spacial score (nSPS) is 17.3. The first-order chi connectivity index (χ1) is 14.7. The number of piperidine rings is 1. The number of pyridine rings is 1. The number of fused-ring (bicyclic) bond motifs is 1. The van der Waals surface area contributed by atoms with Crippen LogP contribution in [-0.4, -0.2) is 52.8 Å². The van der Waals surface area contributed by atoms with Crippen LogP contribution in [0.2, 0.25) is 0 Å². The Morgan fingerprint density at radius 1 is 1.23 bits per heavy atom. The Morgan fingerprint density at radius 2 is 2.17 bits per heavy atom. The monoisotopic (exact) mass is 409 g/mol. The van der Waals surface area contributed by atoms with E-state index in [1.165, 1.54) is 6.07 Å². The van der Waals surface area contributed by atoms with E-state index in [9.17, 15) is 4.39 Å². The molecule has 1 saturated heterocycles. The molecule has 7 nitrogen and oxygen atoms in total. The van der Waals surface area contributed by atoms with E-state index >= 15 is 0 Å². The van der Waals surface area contributed by atoms with E-state index in [0.29, 0.717) is 13.0 Å². The minimum absolute atomic E-state index is 0.196. The van der Waals surface area contributed by atoms with Crippen molar-refractivity contribution in [1.82, 2.24) is 25.2 Å². The molecule has 0 bridgehead atoms. The van der Waals surface area contributed by atoms with Gasteiger partial charge in [0.05, 0.1) is 0 Å². The average Bonchev–Trinajstić information content (AvgIpc) is 3.17. The third-order valence-electron chi connectivity index (χ3n) is 5.27. The highest BCUT2D eigenvalue weighted by Gasteiger charge is 2.21. The van der Waals surface area contributed by atoms with Gasteiger partial charge in [0.15, 0.2) is 11.6 Å². The van der Waals surface area contributed by atoms with Crippen molar-refractivity contribution in [2.24, 2.45) is 4.99 Å². The number of nitrogens with one attached hydrogen (secondary N) is 2. The summed E-state index contributed by atoms with van der Waals surface area (Å²) in [5.74, 6) is 1.51. The fraction of sp³-hybridized carbons (Fsp3) is 0.409. The molecule has 0 spiro atoms. The van der Waals surface area contributed by atoms with Crippen molar-refractivity contribution in [2.75, 3.05) is 31.1 Å². The fourth-order valence-corrected chi connectivity index (χ4v) is 3.84. The summed E-state index contributed by atoms with van der Waals surface area (Å²) in [7, 11) is 0. The van der Waals surface area contributed by atoms with Crippen LogP contribution in [0.1, 0.15) is 25.6 Å². The van der Waals surface area contributed by atoms with Crippen LogP contribution in [0.5, 0.6) is 0 Å². The van der Waals surface area contributed by atoms with Gasteiger partial charge in [0.1, 0.15) is 11.6 Å². The van der Waals surface area contributed by atoms with Crippen molar-refractivity contribution in [3.63, 3.8) is 0 Å². The van der Waals surface area contributed by atoms with Gasteiger partial charge >= 0.3 is 0 Å². The lowest BCUT2D eigenvalue weighted by molar-refractivity contribution is 0.467. The van der Waals surface area contributed by atoms with E-state index < -0.39 is 0 Å². The molecule has 3 aromatic rings. The van der Waals surface area contributed by atoms with Crippen molar-refractivity contribution in [3.8, 4) is 0 Å². The van der Waals surface area contributed by atoms with Crippen LogP contribution in [0.3, 0.4) is 0 Å². The lowest BCUT2D eigenvalue weighted by Gasteiger charge is -2.35.